The topological polar surface area (TPSA) is 66.5 Å². The van der Waals surface area contributed by atoms with Crippen LogP contribution >= 0.6 is 12.4 Å². The molecule has 130 valence electrons. The first-order valence-electron chi connectivity index (χ1n) is 7.55. The maximum atomic E-state index is 12.8. The summed E-state index contributed by atoms with van der Waals surface area (Å²) < 4.78 is 24.2. The Morgan fingerprint density at radius 2 is 1.74 bits per heavy atom. The van der Waals surface area contributed by atoms with Gasteiger partial charge < -0.3 is 10.2 Å². The van der Waals surface area contributed by atoms with Gasteiger partial charge in [0, 0.05) is 31.4 Å². The molecule has 1 aromatic rings. The Morgan fingerprint density at radius 1 is 1.22 bits per heavy atom. The number of carbonyl (C=O) groups excluding carboxylic acids is 1. The number of nitrogens with one attached hydrogen (secondary N) is 1. The van der Waals surface area contributed by atoms with E-state index in [4.69, 9.17) is 0 Å². The van der Waals surface area contributed by atoms with Gasteiger partial charge in [0.1, 0.15) is 5.25 Å². The second-order valence-electron chi connectivity index (χ2n) is 6.22. The summed E-state index contributed by atoms with van der Waals surface area (Å²) >= 11 is 0. The highest BCUT2D eigenvalue weighted by molar-refractivity contribution is 7.92. The van der Waals surface area contributed by atoms with E-state index in [1.165, 1.54) is 0 Å². The quantitative estimate of drug-likeness (QED) is 0.878. The minimum atomic E-state index is -3.46. The number of amides is 1. The summed E-state index contributed by atoms with van der Waals surface area (Å²) in [5, 5.41) is 2.34. The summed E-state index contributed by atoms with van der Waals surface area (Å²) in [6.45, 7) is 5.10. The van der Waals surface area contributed by atoms with E-state index in [0.29, 0.717) is 13.1 Å². The second kappa shape index (κ2) is 8.13. The Hall–Kier alpha value is -1.11. The summed E-state index contributed by atoms with van der Waals surface area (Å²) in [6, 6.07) is 9.64. The number of benzene rings is 1. The highest BCUT2D eigenvalue weighted by atomic mass is 35.5. The van der Waals surface area contributed by atoms with Crippen molar-refractivity contribution >= 4 is 28.2 Å². The molecule has 1 fully saturated rings. The molecule has 0 bridgehead atoms. The molecule has 1 amide bonds. The van der Waals surface area contributed by atoms with Crippen molar-refractivity contribution < 1.29 is 13.2 Å². The van der Waals surface area contributed by atoms with Crippen molar-refractivity contribution in [1.82, 2.24) is 10.2 Å². The lowest BCUT2D eigenvalue weighted by Crippen LogP contribution is -2.58. The molecule has 0 aliphatic carbocycles. The molecule has 0 saturated carbocycles. The van der Waals surface area contributed by atoms with Crippen LogP contribution in [0.1, 0.15) is 19.4 Å². The Kier molecular flexibility index (Phi) is 7.04. The van der Waals surface area contributed by atoms with Crippen LogP contribution in [0.3, 0.4) is 0 Å². The average molecular weight is 361 g/mol. The molecule has 1 aromatic carbocycles. The SMILES string of the molecule is CC1CN(C(=O)C(Cc2ccccc2)S(C)(=O)=O)CC(C)N1.Cl. The van der Waals surface area contributed by atoms with Crippen molar-refractivity contribution in [3.63, 3.8) is 0 Å². The largest absolute Gasteiger partial charge is 0.338 e. The Labute approximate surface area is 144 Å². The third-order valence-corrected chi connectivity index (χ3v) is 5.33. The van der Waals surface area contributed by atoms with Crippen LogP contribution in [0.15, 0.2) is 30.3 Å². The van der Waals surface area contributed by atoms with E-state index < -0.39 is 15.1 Å². The number of hydrogen-bond donors (Lipinski definition) is 1. The zero-order valence-corrected chi connectivity index (χ0v) is 15.4. The molecule has 0 radical (unpaired) electrons. The summed E-state index contributed by atoms with van der Waals surface area (Å²) in [7, 11) is -3.46. The van der Waals surface area contributed by atoms with Crippen LogP contribution in [-0.4, -0.2) is 55.9 Å². The number of rotatable bonds is 4. The molecule has 1 aliphatic rings. The first kappa shape index (κ1) is 19.9. The van der Waals surface area contributed by atoms with E-state index in [2.05, 4.69) is 5.32 Å². The zero-order chi connectivity index (χ0) is 16.3. The van der Waals surface area contributed by atoms with Crippen LogP contribution in [0.25, 0.3) is 0 Å². The highest BCUT2D eigenvalue weighted by Gasteiger charge is 2.35. The van der Waals surface area contributed by atoms with Gasteiger partial charge in [-0.1, -0.05) is 30.3 Å². The average Bonchev–Trinajstić information content (AvgIpc) is 2.43. The lowest BCUT2D eigenvalue weighted by molar-refractivity contribution is -0.132. The number of halogens is 1. The molecule has 23 heavy (non-hydrogen) atoms. The normalized spacial score (nSPS) is 23.0. The van der Waals surface area contributed by atoms with Crippen LogP contribution in [0.2, 0.25) is 0 Å². The molecule has 1 aliphatic heterocycles. The smallest absolute Gasteiger partial charge is 0.241 e. The van der Waals surface area contributed by atoms with Gasteiger partial charge in [0.2, 0.25) is 5.91 Å². The van der Waals surface area contributed by atoms with Gasteiger partial charge in [-0.3, -0.25) is 4.79 Å². The van der Waals surface area contributed by atoms with Crippen LogP contribution in [0.5, 0.6) is 0 Å². The van der Waals surface area contributed by atoms with Gasteiger partial charge in [-0.15, -0.1) is 12.4 Å². The van der Waals surface area contributed by atoms with Gasteiger partial charge in [-0.05, 0) is 25.8 Å². The predicted molar refractivity (Wildman–Crippen MR) is 94.7 cm³/mol. The number of piperazine rings is 1. The fraction of sp³-hybridized carbons (Fsp3) is 0.562. The molecular weight excluding hydrogens is 336 g/mol. The molecule has 7 heteroatoms. The van der Waals surface area contributed by atoms with Gasteiger partial charge in [-0.25, -0.2) is 8.42 Å². The van der Waals surface area contributed by atoms with Crippen molar-refractivity contribution in [2.24, 2.45) is 0 Å². The van der Waals surface area contributed by atoms with Crippen molar-refractivity contribution in [2.75, 3.05) is 19.3 Å². The first-order valence-corrected chi connectivity index (χ1v) is 9.50. The van der Waals surface area contributed by atoms with E-state index >= 15 is 0 Å². The van der Waals surface area contributed by atoms with E-state index in [0.717, 1.165) is 11.8 Å². The molecule has 1 saturated heterocycles. The van der Waals surface area contributed by atoms with Crippen LogP contribution in [-0.2, 0) is 21.1 Å². The van der Waals surface area contributed by atoms with Gasteiger partial charge in [0.05, 0.1) is 0 Å². The fourth-order valence-electron chi connectivity index (χ4n) is 2.96. The van der Waals surface area contributed by atoms with Crippen LogP contribution < -0.4 is 5.32 Å². The number of sulfone groups is 1. The Bertz CT molecular complexity index is 611. The molecule has 0 aromatic heterocycles. The highest BCUT2D eigenvalue weighted by Crippen LogP contribution is 2.15. The van der Waals surface area contributed by atoms with Crippen molar-refractivity contribution in [1.29, 1.82) is 0 Å². The Morgan fingerprint density at radius 3 is 2.22 bits per heavy atom. The van der Waals surface area contributed by atoms with Gasteiger partial charge in [-0.2, -0.15) is 0 Å². The minimum absolute atomic E-state index is 0. The van der Waals surface area contributed by atoms with E-state index in [1.807, 2.05) is 44.2 Å². The van der Waals surface area contributed by atoms with Gasteiger partial charge >= 0.3 is 0 Å². The van der Waals surface area contributed by atoms with Crippen LogP contribution in [0, 0.1) is 0 Å². The molecule has 0 spiro atoms. The van der Waals surface area contributed by atoms with Crippen molar-refractivity contribution in [3.8, 4) is 0 Å². The first-order chi connectivity index (χ1) is 10.3. The molecule has 1 heterocycles. The number of hydrogen-bond acceptors (Lipinski definition) is 4. The van der Waals surface area contributed by atoms with Crippen molar-refractivity contribution in [3.05, 3.63) is 35.9 Å². The zero-order valence-electron chi connectivity index (χ0n) is 13.7. The summed E-state index contributed by atoms with van der Waals surface area (Å²) in [5.74, 6) is -0.286. The molecule has 2 rings (SSSR count). The third-order valence-electron chi connectivity index (χ3n) is 3.93. The monoisotopic (exact) mass is 360 g/mol. The van der Waals surface area contributed by atoms with Crippen LogP contribution in [0.4, 0.5) is 0 Å². The lowest BCUT2D eigenvalue weighted by atomic mass is 10.1. The Balaban J connectivity index is 0.00000264. The number of carbonyl (C=O) groups is 1. The number of nitrogens with zero attached hydrogens (tertiary/aromatic N) is 1. The standard InChI is InChI=1S/C16H24N2O3S.ClH/c1-12-10-18(11-13(2)17-12)16(19)15(22(3,20)21)9-14-7-5-4-6-8-14;/h4-8,12-13,15,17H,9-11H2,1-3H3;1H. The summed E-state index contributed by atoms with van der Waals surface area (Å²) in [4.78, 5) is 14.4. The molecule has 1 N–H and O–H groups in total. The maximum absolute atomic E-state index is 12.8. The predicted octanol–water partition coefficient (Wildman–Crippen LogP) is 1.27. The molecule has 3 atom stereocenters. The summed E-state index contributed by atoms with van der Waals surface area (Å²) in [6.07, 6.45) is 1.37. The molecule has 3 unspecified atom stereocenters. The fourth-order valence-corrected chi connectivity index (χ4v) is 3.97. The van der Waals surface area contributed by atoms with E-state index in [1.54, 1.807) is 4.90 Å². The lowest BCUT2D eigenvalue weighted by Gasteiger charge is -2.37. The minimum Gasteiger partial charge on any atom is -0.338 e. The van der Waals surface area contributed by atoms with E-state index in [-0.39, 0.29) is 36.8 Å². The van der Waals surface area contributed by atoms with Crippen molar-refractivity contribution in [2.45, 2.75) is 37.6 Å². The molecular formula is C16H25ClN2O3S. The second-order valence-corrected chi connectivity index (χ2v) is 8.45. The summed E-state index contributed by atoms with van der Waals surface area (Å²) in [5.41, 5.74) is 0.863. The van der Waals surface area contributed by atoms with Gasteiger partial charge in [0.25, 0.3) is 0 Å². The maximum Gasteiger partial charge on any atom is 0.241 e. The third kappa shape index (κ3) is 5.48. The van der Waals surface area contributed by atoms with Gasteiger partial charge in [0.15, 0.2) is 9.84 Å². The molecule has 5 nitrogen and oxygen atoms in total. The van der Waals surface area contributed by atoms with E-state index in [9.17, 15) is 13.2 Å².